The molecule has 1 aliphatic heterocycles. The molecule has 4 nitrogen and oxygen atoms in total. The number of benzene rings is 3. The second-order valence-electron chi connectivity index (χ2n) is 7.54. The van der Waals surface area contributed by atoms with Crippen LogP contribution in [0.3, 0.4) is 0 Å². The summed E-state index contributed by atoms with van der Waals surface area (Å²) in [6.45, 7) is 0.748. The molecule has 1 aromatic heterocycles. The minimum Gasteiger partial charge on any atom is -0.493 e. The van der Waals surface area contributed by atoms with Crippen LogP contribution in [0.1, 0.15) is 17.7 Å². The van der Waals surface area contributed by atoms with Crippen LogP contribution in [-0.4, -0.2) is 17.5 Å². The quantitative estimate of drug-likeness (QED) is 0.389. The molecule has 0 atom stereocenters. The van der Waals surface area contributed by atoms with Crippen molar-refractivity contribution in [1.82, 2.24) is 4.57 Å². The first-order valence-corrected chi connectivity index (χ1v) is 9.92. The maximum absolute atomic E-state index is 13.3. The van der Waals surface area contributed by atoms with Gasteiger partial charge in [-0.1, -0.05) is 42.5 Å². The Morgan fingerprint density at radius 2 is 1.93 bits per heavy atom. The Morgan fingerprint density at radius 1 is 1.07 bits per heavy atom. The van der Waals surface area contributed by atoms with E-state index >= 15 is 0 Å². The van der Waals surface area contributed by atoms with Gasteiger partial charge in [0.2, 0.25) is 0 Å². The van der Waals surface area contributed by atoms with Gasteiger partial charge in [0.1, 0.15) is 12.0 Å². The summed E-state index contributed by atoms with van der Waals surface area (Å²) in [5, 5.41) is 3.56. The number of carbonyl (C=O) groups is 1. The molecule has 0 spiro atoms. The lowest BCUT2D eigenvalue weighted by atomic mass is 9.91. The lowest BCUT2D eigenvalue weighted by Gasteiger charge is -2.21. The molecule has 3 aromatic carbocycles. The highest BCUT2D eigenvalue weighted by molar-refractivity contribution is 6.12. The van der Waals surface area contributed by atoms with Gasteiger partial charge in [0, 0.05) is 24.7 Å². The first kappa shape index (κ1) is 17.7. The summed E-state index contributed by atoms with van der Waals surface area (Å²) in [4.78, 5) is 24.7. The molecule has 0 N–H and O–H groups in total. The molecule has 4 aromatic rings. The fraction of sp³-hybridized carbons (Fsp3) is 0.200. The Labute approximate surface area is 168 Å². The van der Waals surface area contributed by atoms with Gasteiger partial charge in [-0.2, -0.15) is 0 Å². The van der Waals surface area contributed by atoms with Crippen LogP contribution in [-0.2, 0) is 24.7 Å². The molecule has 4 heteroatoms. The van der Waals surface area contributed by atoms with Gasteiger partial charge in [0.25, 0.3) is 5.56 Å². The van der Waals surface area contributed by atoms with Crippen molar-refractivity contribution in [1.29, 1.82) is 0 Å². The number of hydrogen-bond acceptors (Lipinski definition) is 3. The number of nitrogens with zero attached hydrogens (tertiary/aromatic N) is 1. The van der Waals surface area contributed by atoms with Crippen LogP contribution in [0, 0.1) is 0 Å². The van der Waals surface area contributed by atoms with Crippen LogP contribution < -0.4 is 10.3 Å². The third kappa shape index (κ3) is 2.75. The number of rotatable bonds is 3. The third-order valence-corrected chi connectivity index (χ3v) is 5.88. The van der Waals surface area contributed by atoms with Crippen molar-refractivity contribution >= 4 is 27.8 Å². The lowest BCUT2D eigenvalue weighted by Crippen LogP contribution is -2.22. The molecule has 0 saturated heterocycles. The monoisotopic (exact) mass is 383 g/mol. The van der Waals surface area contributed by atoms with Gasteiger partial charge in [0.05, 0.1) is 12.0 Å². The van der Waals surface area contributed by atoms with E-state index in [1.54, 1.807) is 11.6 Å². The van der Waals surface area contributed by atoms with Crippen molar-refractivity contribution in [3.63, 3.8) is 0 Å². The molecule has 0 amide bonds. The summed E-state index contributed by atoms with van der Waals surface area (Å²) < 4.78 is 7.40. The van der Waals surface area contributed by atoms with Crippen LogP contribution in [0.2, 0.25) is 0 Å². The number of aldehydes is 1. The Morgan fingerprint density at radius 3 is 2.79 bits per heavy atom. The van der Waals surface area contributed by atoms with Crippen molar-refractivity contribution in [3.8, 4) is 16.9 Å². The first-order chi connectivity index (χ1) is 14.2. The Bertz CT molecular complexity index is 1330. The summed E-state index contributed by atoms with van der Waals surface area (Å²) in [5.41, 5.74) is 3.81. The largest absolute Gasteiger partial charge is 0.493 e. The zero-order chi connectivity index (χ0) is 20.0. The van der Waals surface area contributed by atoms with E-state index in [1.807, 2.05) is 48.5 Å². The Hall–Kier alpha value is -3.40. The SMILES string of the molecule is Cn1c(CC=O)c(-c2ccc3c(c2)CCCO3)c2ccc3ccccc3c2c1=O. The molecular weight excluding hydrogens is 362 g/mol. The van der Waals surface area contributed by atoms with E-state index in [1.165, 1.54) is 5.56 Å². The fourth-order valence-electron chi connectivity index (χ4n) is 4.48. The van der Waals surface area contributed by atoms with Crippen molar-refractivity contribution in [2.24, 2.45) is 7.05 Å². The summed E-state index contributed by atoms with van der Waals surface area (Å²) in [6.07, 6.45) is 3.03. The molecule has 0 saturated carbocycles. The highest BCUT2D eigenvalue weighted by atomic mass is 16.5. The molecule has 0 radical (unpaired) electrons. The van der Waals surface area contributed by atoms with E-state index in [4.69, 9.17) is 4.74 Å². The molecule has 0 bridgehead atoms. The molecule has 2 heterocycles. The molecule has 1 aliphatic rings. The lowest BCUT2D eigenvalue weighted by molar-refractivity contribution is -0.107. The van der Waals surface area contributed by atoms with Crippen molar-refractivity contribution in [3.05, 3.63) is 76.2 Å². The maximum atomic E-state index is 13.3. The topological polar surface area (TPSA) is 48.3 Å². The van der Waals surface area contributed by atoms with Crippen LogP contribution in [0.4, 0.5) is 0 Å². The number of aryl methyl sites for hydroxylation is 1. The molecule has 144 valence electrons. The first-order valence-electron chi connectivity index (χ1n) is 9.92. The van der Waals surface area contributed by atoms with Gasteiger partial charge < -0.3 is 14.1 Å². The molecule has 0 unspecified atom stereocenters. The van der Waals surface area contributed by atoms with E-state index in [0.29, 0.717) is 5.39 Å². The van der Waals surface area contributed by atoms with Crippen LogP contribution in [0.15, 0.2) is 59.4 Å². The zero-order valence-corrected chi connectivity index (χ0v) is 16.3. The smallest absolute Gasteiger partial charge is 0.259 e. The zero-order valence-electron chi connectivity index (χ0n) is 16.3. The van der Waals surface area contributed by atoms with Gasteiger partial charge in [-0.3, -0.25) is 4.79 Å². The summed E-state index contributed by atoms with van der Waals surface area (Å²) >= 11 is 0. The standard InChI is InChI=1S/C25H21NO3/c1-26-21(12-13-27)23(18-9-11-22-17(15-18)6-4-14-29-22)20-10-8-16-5-2-3-7-19(16)24(20)25(26)28/h2-3,5,7-11,13,15H,4,6,12,14H2,1H3. The number of fused-ring (bicyclic) bond motifs is 4. The predicted octanol–water partition coefficient (Wildman–Crippen LogP) is 4.43. The van der Waals surface area contributed by atoms with E-state index in [-0.39, 0.29) is 12.0 Å². The average molecular weight is 383 g/mol. The molecule has 29 heavy (non-hydrogen) atoms. The van der Waals surface area contributed by atoms with Crippen LogP contribution in [0.25, 0.3) is 32.7 Å². The predicted molar refractivity (Wildman–Crippen MR) is 116 cm³/mol. The second kappa shape index (κ2) is 6.89. The van der Waals surface area contributed by atoms with Crippen molar-refractivity contribution in [2.75, 3.05) is 6.61 Å². The number of ether oxygens (including phenoxy) is 1. The van der Waals surface area contributed by atoms with E-state index in [9.17, 15) is 9.59 Å². The van der Waals surface area contributed by atoms with Gasteiger partial charge >= 0.3 is 0 Å². The number of hydrogen-bond donors (Lipinski definition) is 0. The molecule has 5 rings (SSSR count). The van der Waals surface area contributed by atoms with Gasteiger partial charge in [-0.05, 0) is 52.3 Å². The number of aromatic nitrogens is 1. The minimum atomic E-state index is -0.0707. The Kier molecular flexibility index (Phi) is 4.20. The van der Waals surface area contributed by atoms with E-state index in [2.05, 4.69) is 6.07 Å². The van der Waals surface area contributed by atoms with Gasteiger partial charge in [0.15, 0.2) is 0 Å². The van der Waals surface area contributed by atoms with Crippen LogP contribution >= 0.6 is 0 Å². The molecule has 0 fully saturated rings. The van der Waals surface area contributed by atoms with Crippen LogP contribution in [0.5, 0.6) is 5.75 Å². The average Bonchev–Trinajstić information content (AvgIpc) is 2.76. The number of carbonyl (C=O) groups excluding carboxylic acids is 1. The normalized spacial score (nSPS) is 13.3. The molecular formula is C25H21NO3. The van der Waals surface area contributed by atoms with E-state index in [0.717, 1.165) is 64.5 Å². The van der Waals surface area contributed by atoms with Crippen molar-refractivity contribution < 1.29 is 9.53 Å². The van der Waals surface area contributed by atoms with E-state index < -0.39 is 0 Å². The van der Waals surface area contributed by atoms with Gasteiger partial charge in [-0.25, -0.2) is 0 Å². The highest BCUT2D eigenvalue weighted by Crippen LogP contribution is 2.37. The molecule has 0 aliphatic carbocycles. The summed E-state index contributed by atoms with van der Waals surface area (Å²) in [7, 11) is 1.76. The second-order valence-corrected chi connectivity index (χ2v) is 7.54. The summed E-state index contributed by atoms with van der Waals surface area (Å²) in [6, 6.07) is 18.2. The minimum absolute atomic E-state index is 0.0707. The highest BCUT2D eigenvalue weighted by Gasteiger charge is 2.19. The van der Waals surface area contributed by atoms with Gasteiger partial charge in [-0.15, -0.1) is 0 Å². The summed E-state index contributed by atoms with van der Waals surface area (Å²) in [5.74, 6) is 0.927. The Balaban J connectivity index is 1.92. The third-order valence-electron chi connectivity index (χ3n) is 5.88. The maximum Gasteiger partial charge on any atom is 0.259 e. The van der Waals surface area contributed by atoms with Crippen molar-refractivity contribution in [2.45, 2.75) is 19.3 Å². The fourth-order valence-corrected chi connectivity index (χ4v) is 4.48. The number of pyridine rings is 1.